The summed E-state index contributed by atoms with van der Waals surface area (Å²) in [5.41, 5.74) is 3.91. The molecule has 0 unspecified atom stereocenters. The van der Waals surface area contributed by atoms with E-state index in [1.807, 2.05) is 19.9 Å². The predicted octanol–water partition coefficient (Wildman–Crippen LogP) is 2.78. The molecule has 6 heteroatoms. The summed E-state index contributed by atoms with van der Waals surface area (Å²) < 4.78 is 0. The monoisotopic (exact) mass is 382 g/mol. The number of amides is 1. The van der Waals surface area contributed by atoms with Crippen molar-refractivity contribution in [2.24, 2.45) is 0 Å². The third kappa shape index (κ3) is 4.62. The van der Waals surface area contributed by atoms with Crippen LogP contribution in [-0.4, -0.2) is 60.8 Å². The third-order valence-electron chi connectivity index (χ3n) is 5.45. The number of aryl methyl sites for hydroxylation is 1. The number of aromatic amines is 1. The number of ketones is 1. The average molecular weight is 383 g/mol. The van der Waals surface area contributed by atoms with Crippen molar-refractivity contribution in [3.63, 3.8) is 0 Å². The van der Waals surface area contributed by atoms with Crippen LogP contribution in [0.25, 0.3) is 0 Å². The Hall–Kier alpha value is -2.60. The molecule has 2 aromatic rings. The highest BCUT2D eigenvalue weighted by Gasteiger charge is 2.20. The standard InChI is InChI=1S/C22H30N4O2/c1-16-20(18(3)27)17(2)24-21(16)22(28)23-10-7-11-25-12-14-26(15-13-25)19-8-5-4-6-9-19/h4-6,8-9,24H,7,10-15H2,1-3H3,(H,23,28). The van der Waals surface area contributed by atoms with Crippen LogP contribution in [-0.2, 0) is 0 Å². The number of carbonyl (C=O) groups excluding carboxylic acids is 2. The highest BCUT2D eigenvalue weighted by molar-refractivity contribution is 6.02. The molecule has 6 nitrogen and oxygen atoms in total. The number of aromatic nitrogens is 1. The fourth-order valence-electron chi connectivity index (χ4n) is 3.97. The second-order valence-corrected chi connectivity index (χ2v) is 7.45. The van der Waals surface area contributed by atoms with E-state index in [2.05, 4.69) is 44.4 Å². The van der Waals surface area contributed by atoms with Gasteiger partial charge in [-0.2, -0.15) is 0 Å². The summed E-state index contributed by atoms with van der Waals surface area (Å²) in [7, 11) is 0. The Kier molecular flexibility index (Phi) is 6.52. The number of H-pyrrole nitrogens is 1. The molecule has 1 aliphatic rings. The minimum atomic E-state index is -0.137. The van der Waals surface area contributed by atoms with Crippen LogP contribution in [0.4, 0.5) is 5.69 Å². The van der Waals surface area contributed by atoms with Gasteiger partial charge in [-0.1, -0.05) is 18.2 Å². The molecule has 1 aromatic heterocycles. The summed E-state index contributed by atoms with van der Waals surface area (Å²) in [5.74, 6) is -0.151. The third-order valence-corrected chi connectivity index (χ3v) is 5.45. The van der Waals surface area contributed by atoms with Gasteiger partial charge >= 0.3 is 0 Å². The van der Waals surface area contributed by atoms with Crippen LogP contribution in [0.5, 0.6) is 0 Å². The number of hydrogen-bond acceptors (Lipinski definition) is 4. The lowest BCUT2D eigenvalue weighted by Crippen LogP contribution is -2.47. The van der Waals surface area contributed by atoms with Gasteiger partial charge < -0.3 is 15.2 Å². The van der Waals surface area contributed by atoms with Gasteiger partial charge in [0.25, 0.3) is 5.91 Å². The highest BCUT2D eigenvalue weighted by Crippen LogP contribution is 2.18. The number of hydrogen-bond donors (Lipinski definition) is 2. The average Bonchev–Trinajstić information content (AvgIpc) is 3.00. The Morgan fingerprint density at radius 1 is 1.07 bits per heavy atom. The number of carbonyl (C=O) groups is 2. The molecule has 1 fully saturated rings. The maximum absolute atomic E-state index is 12.4. The Morgan fingerprint density at radius 3 is 2.36 bits per heavy atom. The molecule has 1 saturated heterocycles. The fraction of sp³-hybridized carbons (Fsp3) is 0.455. The number of rotatable bonds is 7. The Bertz CT molecular complexity index is 821. The van der Waals surface area contributed by atoms with E-state index < -0.39 is 0 Å². The Labute approximate surface area is 166 Å². The van der Waals surface area contributed by atoms with Gasteiger partial charge in [0.15, 0.2) is 5.78 Å². The Morgan fingerprint density at radius 2 is 1.75 bits per heavy atom. The number of Topliss-reactive ketones (excluding diaryl/α,β-unsaturated/α-hetero) is 1. The maximum Gasteiger partial charge on any atom is 0.268 e. The summed E-state index contributed by atoms with van der Waals surface area (Å²) in [6, 6.07) is 10.5. The van der Waals surface area contributed by atoms with Crippen LogP contribution in [0.15, 0.2) is 30.3 Å². The molecule has 2 N–H and O–H groups in total. The lowest BCUT2D eigenvalue weighted by molar-refractivity contribution is 0.0946. The van der Waals surface area contributed by atoms with Crippen LogP contribution in [0, 0.1) is 13.8 Å². The smallest absolute Gasteiger partial charge is 0.268 e. The van der Waals surface area contributed by atoms with E-state index in [-0.39, 0.29) is 11.7 Å². The molecule has 3 rings (SSSR count). The highest BCUT2D eigenvalue weighted by atomic mass is 16.2. The number of piperazine rings is 1. The van der Waals surface area contributed by atoms with Crippen molar-refractivity contribution in [2.75, 3.05) is 44.2 Å². The number of nitrogens with zero attached hydrogens (tertiary/aromatic N) is 2. The molecule has 150 valence electrons. The first-order valence-corrected chi connectivity index (χ1v) is 9.98. The number of anilines is 1. The minimum absolute atomic E-state index is 0.0139. The van der Waals surface area contributed by atoms with Crippen LogP contribution in [0.3, 0.4) is 0 Å². The fourth-order valence-corrected chi connectivity index (χ4v) is 3.97. The van der Waals surface area contributed by atoms with Crippen LogP contribution in [0.2, 0.25) is 0 Å². The van der Waals surface area contributed by atoms with Crippen molar-refractivity contribution in [3.8, 4) is 0 Å². The van der Waals surface area contributed by atoms with Gasteiger partial charge in [0.1, 0.15) is 5.69 Å². The van der Waals surface area contributed by atoms with Crippen LogP contribution < -0.4 is 10.2 Å². The van der Waals surface area contributed by atoms with Gasteiger partial charge in [-0.15, -0.1) is 0 Å². The van der Waals surface area contributed by atoms with Crippen molar-refractivity contribution in [3.05, 3.63) is 52.8 Å². The van der Waals surface area contributed by atoms with E-state index in [0.29, 0.717) is 17.8 Å². The zero-order valence-electron chi connectivity index (χ0n) is 17.0. The van der Waals surface area contributed by atoms with Crippen molar-refractivity contribution in [1.82, 2.24) is 15.2 Å². The second-order valence-electron chi connectivity index (χ2n) is 7.45. The molecule has 1 aromatic carbocycles. The summed E-state index contributed by atoms with van der Waals surface area (Å²) in [4.78, 5) is 32.1. The largest absolute Gasteiger partial charge is 0.369 e. The zero-order chi connectivity index (χ0) is 20.1. The Balaban J connectivity index is 1.40. The van der Waals surface area contributed by atoms with Gasteiger partial charge in [0, 0.05) is 49.7 Å². The normalized spacial score (nSPS) is 14.9. The van der Waals surface area contributed by atoms with E-state index in [1.54, 1.807) is 0 Å². The molecular weight excluding hydrogens is 352 g/mol. The molecular formula is C22H30N4O2. The molecule has 0 spiro atoms. The van der Waals surface area contributed by atoms with Crippen LogP contribution in [0.1, 0.15) is 45.4 Å². The molecule has 0 radical (unpaired) electrons. The number of nitrogens with one attached hydrogen (secondary N) is 2. The lowest BCUT2D eigenvalue weighted by atomic mass is 10.1. The summed E-state index contributed by atoms with van der Waals surface area (Å²) in [5, 5.41) is 2.97. The van der Waals surface area contributed by atoms with E-state index in [4.69, 9.17) is 0 Å². The molecule has 0 aliphatic carbocycles. The quantitative estimate of drug-likeness (QED) is 0.571. The summed E-state index contributed by atoms with van der Waals surface area (Å²) in [6.45, 7) is 10.9. The summed E-state index contributed by atoms with van der Waals surface area (Å²) in [6.07, 6.45) is 0.912. The molecule has 1 aliphatic heterocycles. The van der Waals surface area contributed by atoms with E-state index >= 15 is 0 Å². The predicted molar refractivity (Wildman–Crippen MR) is 112 cm³/mol. The SMILES string of the molecule is CC(=O)c1c(C)[nH]c(C(=O)NCCCN2CCN(c3ccccc3)CC2)c1C. The first-order chi connectivity index (χ1) is 13.5. The van der Waals surface area contributed by atoms with E-state index in [1.165, 1.54) is 12.6 Å². The molecule has 28 heavy (non-hydrogen) atoms. The number of benzene rings is 1. The lowest BCUT2D eigenvalue weighted by Gasteiger charge is -2.36. The van der Waals surface area contributed by atoms with Crippen molar-refractivity contribution in [2.45, 2.75) is 27.2 Å². The first-order valence-electron chi connectivity index (χ1n) is 9.98. The second kappa shape index (κ2) is 9.06. The molecule has 2 heterocycles. The van der Waals surface area contributed by atoms with Crippen LogP contribution >= 0.6 is 0 Å². The van der Waals surface area contributed by atoms with Gasteiger partial charge in [0.2, 0.25) is 0 Å². The van der Waals surface area contributed by atoms with Gasteiger partial charge in [0.05, 0.1) is 0 Å². The first kappa shape index (κ1) is 20.1. The topological polar surface area (TPSA) is 68.4 Å². The van der Waals surface area contributed by atoms with Crippen molar-refractivity contribution < 1.29 is 9.59 Å². The van der Waals surface area contributed by atoms with Crippen molar-refractivity contribution in [1.29, 1.82) is 0 Å². The molecule has 0 atom stereocenters. The minimum Gasteiger partial charge on any atom is -0.369 e. The number of para-hydroxylation sites is 1. The molecule has 1 amide bonds. The van der Waals surface area contributed by atoms with E-state index in [0.717, 1.165) is 50.4 Å². The molecule has 0 saturated carbocycles. The summed E-state index contributed by atoms with van der Waals surface area (Å²) >= 11 is 0. The zero-order valence-corrected chi connectivity index (χ0v) is 17.0. The van der Waals surface area contributed by atoms with Gasteiger partial charge in [-0.3, -0.25) is 14.5 Å². The van der Waals surface area contributed by atoms with Gasteiger partial charge in [-0.25, -0.2) is 0 Å². The van der Waals surface area contributed by atoms with Crippen molar-refractivity contribution >= 4 is 17.4 Å². The van der Waals surface area contributed by atoms with Gasteiger partial charge in [-0.05, 0) is 51.4 Å². The molecule has 0 bridgehead atoms. The van der Waals surface area contributed by atoms with E-state index in [9.17, 15) is 9.59 Å². The maximum atomic E-state index is 12.4.